The molecular formula is C20H23N3O3. The van der Waals surface area contributed by atoms with Crippen molar-refractivity contribution in [3.63, 3.8) is 0 Å². The highest BCUT2D eigenvalue weighted by Crippen LogP contribution is 2.10. The number of hydrogen-bond donors (Lipinski definition) is 3. The lowest BCUT2D eigenvalue weighted by Crippen LogP contribution is -2.45. The third-order valence-corrected chi connectivity index (χ3v) is 3.67. The van der Waals surface area contributed by atoms with Crippen molar-refractivity contribution in [1.82, 2.24) is 10.7 Å². The van der Waals surface area contributed by atoms with Gasteiger partial charge in [-0.05, 0) is 12.3 Å². The Balaban J connectivity index is 2.17. The zero-order chi connectivity index (χ0) is 18.9. The third-order valence-electron chi connectivity index (χ3n) is 3.67. The van der Waals surface area contributed by atoms with E-state index in [0.717, 1.165) is 11.1 Å². The first-order valence-electron chi connectivity index (χ1n) is 8.45. The lowest BCUT2D eigenvalue weighted by molar-refractivity contribution is -0.139. The summed E-state index contributed by atoms with van der Waals surface area (Å²) >= 11 is 0. The molecule has 0 saturated heterocycles. The zero-order valence-corrected chi connectivity index (χ0v) is 14.8. The van der Waals surface area contributed by atoms with Crippen LogP contribution in [0.2, 0.25) is 0 Å². The highest BCUT2D eigenvalue weighted by molar-refractivity contribution is 6.13. The molecule has 0 aliphatic heterocycles. The molecule has 2 amide bonds. The fourth-order valence-corrected chi connectivity index (χ4v) is 2.48. The Morgan fingerprint density at radius 2 is 1.46 bits per heavy atom. The van der Waals surface area contributed by atoms with Crippen LogP contribution < -0.4 is 10.7 Å². The van der Waals surface area contributed by atoms with Crippen LogP contribution in [0.4, 0.5) is 4.79 Å². The van der Waals surface area contributed by atoms with Gasteiger partial charge in [0.25, 0.3) is 0 Å². The van der Waals surface area contributed by atoms with E-state index in [1.165, 1.54) is 0 Å². The summed E-state index contributed by atoms with van der Waals surface area (Å²) in [5.74, 6) is -0.923. The van der Waals surface area contributed by atoms with Gasteiger partial charge in [-0.2, -0.15) is 5.10 Å². The van der Waals surface area contributed by atoms with Crippen molar-refractivity contribution in [2.75, 3.05) is 0 Å². The summed E-state index contributed by atoms with van der Waals surface area (Å²) in [6.07, 6.45) is 0.344. The number of carboxylic acid groups (broad SMARTS) is 1. The monoisotopic (exact) mass is 353 g/mol. The first kappa shape index (κ1) is 19.2. The average Bonchev–Trinajstić information content (AvgIpc) is 2.62. The van der Waals surface area contributed by atoms with Crippen molar-refractivity contribution in [3.05, 3.63) is 71.8 Å². The second-order valence-electron chi connectivity index (χ2n) is 6.30. The zero-order valence-electron chi connectivity index (χ0n) is 14.8. The minimum Gasteiger partial charge on any atom is -0.480 e. The number of nitrogens with one attached hydrogen (secondary N) is 2. The highest BCUT2D eigenvalue weighted by Gasteiger charge is 2.21. The van der Waals surface area contributed by atoms with Crippen molar-refractivity contribution in [2.45, 2.75) is 26.3 Å². The topological polar surface area (TPSA) is 90.8 Å². The Kier molecular flexibility index (Phi) is 6.91. The number of aliphatic carboxylic acids is 1. The molecule has 1 atom stereocenters. The van der Waals surface area contributed by atoms with Crippen LogP contribution in [0.1, 0.15) is 31.4 Å². The molecule has 6 nitrogen and oxygen atoms in total. The van der Waals surface area contributed by atoms with E-state index in [1.54, 1.807) is 0 Å². The van der Waals surface area contributed by atoms with Gasteiger partial charge >= 0.3 is 12.0 Å². The Labute approximate surface area is 152 Å². The Hall–Kier alpha value is -3.15. The summed E-state index contributed by atoms with van der Waals surface area (Å²) in [6.45, 7) is 3.80. The molecule has 3 N–H and O–H groups in total. The van der Waals surface area contributed by atoms with Crippen molar-refractivity contribution in [1.29, 1.82) is 0 Å². The predicted molar refractivity (Wildman–Crippen MR) is 101 cm³/mol. The van der Waals surface area contributed by atoms with Gasteiger partial charge in [-0.3, -0.25) is 0 Å². The van der Waals surface area contributed by atoms with Crippen LogP contribution in [0.15, 0.2) is 65.8 Å². The number of urea groups is 1. The number of carbonyl (C=O) groups is 2. The van der Waals surface area contributed by atoms with Crippen LogP contribution in [-0.2, 0) is 4.79 Å². The molecule has 2 rings (SSSR count). The molecule has 26 heavy (non-hydrogen) atoms. The molecular weight excluding hydrogens is 330 g/mol. The van der Waals surface area contributed by atoms with Crippen molar-refractivity contribution >= 4 is 17.7 Å². The number of nitrogens with zero attached hydrogens (tertiary/aromatic N) is 1. The van der Waals surface area contributed by atoms with E-state index in [0.29, 0.717) is 12.1 Å². The van der Waals surface area contributed by atoms with Crippen molar-refractivity contribution in [3.8, 4) is 0 Å². The minimum absolute atomic E-state index is 0.143. The third kappa shape index (κ3) is 5.73. The van der Waals surface area contributed by atoms with Gasteiger partial charge in [0.2, 0.25) is 0 Å². The normalized spacial score (nSPS) is 11.5. The van der Waals surface area contributed by atoms with Gasteiger partial charge in [-0.15, -0.1) is 0 Å². The quantitative estimate of drug-likeness (QED) is 0.527. The molecule has 0 fully saturated rings. The number of benzene rings is 2. The van der Waals surface area contributed by atoms with E-state index in [-0.39, 0.29) is 5.92 Å². The Bertz CT molecular complexity index is 717. The first-order valence-corrected chi connectivity index (χ1v) is 8.45. The highest BCUT2D eigenvalue weighted by atomic mass is 16.4. The molecule has 6 heteroatoms. The molecule has 0 heterocycles. The molecule has 0 aliphatic rings. The van der Waals surface area contributed by atoms with Gasteiger partial charge in [-0.1, -0.05) is 74.5 Å². The van der Waals surface area contributed by atoms with Crippen LogP contribution in [0.5, 0.6) is 0 Å². The fourth-order valence-electron chi connectivity index (χ4n) is 2.48. The number of carbonyl (C=O) groups excluding carboxylic acids is 1. The van der Waals surface area contributed by atoms with Gasteiger partial charge < -0.3 is 10.4 Å². The van der Waals surface area contributed by atoms with Crippen LogP contribution in [0, 0.1) is 5.92 Å². The average molecular weight is 353 g/mol. The van der Waals surface area contributed by atoms with Gasteiger partial charge in [0, 0.05) is 11.1 Å². The molecule has 0 aromatic heterocycles. The fraction of sp³-hybridized carbons (Fsp3) is 0.250. The van der Waals surface area contributed by atoms with Crippen LogP contribution in [0.3, 0.4) is 0 Å². The molecule has 0 radical (unpaired) electrons. The van der Waals surface area contributed by atoms with E-state index in [2.05, 4.69) is 15.8 Å². The van der Waals surface area contributed by atoms with Crippen molar-refractivity contribution in [2.24, 2.45) is 11.0 Å². The smallest absolute Gasteiger partial charge is 0.335 e. The SMILES string of the molecule is CC(C)CC(NC(=O)NN=C(c1ccccc1)c1ccccc1)C(=O)O. The molecule has 136 valence electrons. The summed E-state index contributed by atoms with van der Waals surface area (Å²) in [5, 5.41) is 15.9. The van der Waals surface area contributed by atoms with E-state index in [1.807, 2.05) is 74.5 Å². The van der Waals surface area contributed by atoms with E-state index < -0.39 is 18.0 Å². The molecule has 0 spiro atoms. The second-order valence-corrected chi connectivity index (χ2v) is 6.30. The minimum atomic E-state index is -1.07. The number of amides is 2. The van der Waals surface area contributed by atoms with Crippen LogP contribution in [0.25, 0.3) is 0 Å². The molecule has 2 aromatic rings. The first-order chi connectivity index (χ1) is 12.5. The van der Waals surface area contributed by atoms with E-state index in [9.17, 15) is 14.7 Å². The number of rotatable bonds is 7. The van der Waals surface area contributed by atoms with Gasteiger partial charge in [0.05, 0.1) is 5.71 Å². The Morgan fingerprint density at radius 1 is 0.962 bits per heavy atom. The molecule has 2 aromatic carbocycles. The van der Waals surface area contributed by atoms with Crippen molar-refractivity contribution < 1.29 is 14.7 Å². The summed E-state index contributed by atoms with van der Waals surface area (Å²) in [6, 6.07) is 17.3. The predicted octanol–water partition coefficient (Wildman–Crippen LogP) is 3.24. The van der Waals surface area contributed by atoms with Gasteiger partial charge in [0.1, 0.15) is 6.04 Å². The molecule has 0 bridgehead atoms. The maximum absolute atomic E-state index is 12.1. The summed E-state index contributed by atoms with van der Waals surface area (Å²) in [4.78, 5) is 23.4. The molecule has 0 saturated carbocycles. The maximum Gasteiger partial charge on any atom is 0.335 e. The largest absolute Gasteiger partial charge is 0.480 e. The van der Waals surface area contributed by atoms with Gasteiger partial charge in [0.15, 0.2) is 0 Å². The standard InChI is InChI=1S/C20H23N3O3/c1-14(2)13-17(19(24)25)21-20(26)23-22-18(15-9-5-3-6-10-15)16-11-7-4-8-12-16/h3-12,14,17H,13H2,1-2H3,(H,24,25)(H2,21,23,26). The lowest BCUT2D eigenvalue weighted by atomic mass is 10.0. The van der Waals surface area contributed by atoms with Crippen LogP contribution in [-0.4, -0.2) is 28.9 Å². The molecule has 0 aliphatic carbocycles. The number of hydrazone groups is 1. The summed E-state index contributed by atoms with van der Waals surface area (Å²) in [7, 11) is 0. The number of hydrogen-bond acceptors (Lipinski definition) is 3. The van der Waals surface area contributed by atoms with Gasteiger partial charge in [-0.25, -0.2) is 15.0 Å². The van der Waals surface area contributed by atoms with E-state index >= 15 is 0 Å². The van der Waals surface area contributed by atoms with E-state index in [4.69, 9.17) is 0 Å². The summed E-state index contributed by atoms with van der Waals surface area (Å²) < 4.78 is 0. The van der Waals surface area contributed by atoms with Crippen LogP contribution >= 0.6 is 0 Å². The molecule has 1 unspecified atom stereocenters. The maximum atomic E-state index is 12.1. The summed E-state index contributed by atoms with van der Waals surface area (Å²) in [5.41, 5.74) is 4.69. The number of carboxylic acids is 1. The Morgan fingerprint density at radius 3 is 1.88 bits per heavy atom. The second kappa shape index (κ2) is 9.36. The lowest BCUT2D eigenvalue weighted by Gasteiger charge is -2.16.